The van der Waals surface area contributed by atoms with E-state index in [4.69, 9.17) is 4.74 Å². The molecule has 0 saturated heterocycles. The Morgan fingerprint density at radius 3 is 1.95 bits per heavy atom. The van der Waals surface area contributed by atoms with E-state index in [1.807, 2.05) is 0 Å². The zero-order chi connectivity index (χ0) is 15.4. The molecule has 0 saturated carbocycles. The minimum absolute atomic E-state index is 0.526. The summed E-state index contributed by atoms with van der Waals surface area (Å²) >= 11 is 0. The lowest BCUT2D eigenvalue weighted by atomic mass is 10.0. The second-order valence-electron chi connectivity index (χ2n) is 6.36. The van der Waals surface area contributed by atoms with Crippen LogP contribution >= 0.6 is 0 Å². The van der Waals surface area contributed by atoms with E-state index in [1.165, 1.54) is 22.3 Å². The van der Waals surface area contributed by atoms with Crippen molar-refractivity contribution >= 4 is 0 Å². The predicted octanol–water partition coefficient (Wildman–Crippen LogP) is 5.82. The second-order valence-corrected chi connectivity index (χ2v) is 6.36. The third-order valence-electron chi connectivity index (χ3n) is 3.92. The summed E-state index contributed by atoms with van der Waals surface area (Å²) in [5.41, 5.74) is 5.11. The molecule has 0 bridgehead atoms. The van der Waals surface area contributed by atoms with E-state index < -0.39 is 0 Å². The van der Waals surface area contributed by atoms with Crippen molar-refractivity contribution in [2.45, 2.75) is 53.1 Å². The summed E-state index contributed by atoms with van der Waals surface area (Å²) in [6.45, 7) is 11.6. The van der Waals surface area contributed by atoms with E-state index in [9.17, 15) is 0 Å². The number of benzene rings is 2. The number of hydrogen-bond acceptors (Lipinski definition) is 1. The Balaban J connectivity index is 2.07. The minimum Gasteiger partial charge on any atom is -0.489 e. The van der Waals surface area contributed by atoms with Crippen molar-refractivity contribution in [3.8, 4) is 5.75 Å². The molecule has 21 heavy (non-hydrogen) atoms. The van der Waals surface area contributed by atoms with Crippen molar-refractivity contribution in [1.29, 1.82) is 0 Å². The molecule has 112 valence electrons. The molecule has 0 atom stereocenters. The largest absolute Gasteiger partial charge is 0.489 e. The second kappa shape index (κ2) is 6.80. The highest BCUT2D eigenvalue weighted by Crippen LogP contribution is 2.25. The molecule has 2 aromatic rings. The molecule has 0 heterocycles. The van der Waals surface area contributed by atoms with Crippen molar-refractivity contribution in [1.82, 2.24) is 0 Å². The van der Waals surface area contributed by atoms with Crippen LogP contribution < -0.4 is 4.74 Å². The molecule has 0 aliphatic rings. The molecule has 0 N–H and O–H groups in total. The summed E-state index contributed by atoms with van der Waals surface area (Å²) in [6.07, 6.45) is 0. The van der Waals surface area contributed by atoms with Crippen LogP contribution in [0.25, 0.3) is 0 Å². The molecule has 1 nitrogen and oxygen atoms in total. The van der Waals surface area contributed by atoms with Crippen molar-refractivity contribution in [2.75, 3.05) is 0 Å². The van der Waals surface area contributed by atoms with Crippen molar-refractivity contribution in [2.24, 2.45) is 0 Å². The fraction of sp³-hybridized carbons (Fsp3) is 0.400. The van der Waals surface area contributed by atoms with E-state index in [-0.39, 0.29) is 0 Å². The van der Waals surface area contributed by atoms with Gasteiger partial charge in [0.15, 0.2) is 0 Å². The van der Waals surface area contributed by atoms with Gasteiger partial charge < -0.3 is 4.74 Å². The maximum atomic E-state index is 6.01. The fourth-order valence-corrected chi connectivity index (χ4v) is 2.29. The van der Waals surface area contributed by atoms with E-state index in [0.717, 1.165) is 5.75 Å². The Morgan fingerprint density at radius 1 is 0.810 bits per heavy atom. The Bertz CT molecular complexity index is 579. The highest BCUT2D eigenvalue weighted by atomic mass is 16.5. The highest BCUT2D eigenvalue weighted by Gasteiger charge is 2.05. The Kier molecular flexibility index (Phi) is 5.06. The van der Waals surface area contributed by atoms with Gasteiger partial charge in [-0.3, -0.25) is 0 Å². The molecule has 0 unspecified atom stereocenters. The zero-order valence-corrected chi connectivity index (χ0v) is 13.8. The minimum atomic E-state index is 0.526. The van der Waals surface area contributed by atoms with Crippen LogP contribution in [-0.4, -0.2) is 0 Å². The number of hydrogen-bond donors (Lipinski definition) is 0. The van der Waals surface area contributed by atoms with Gasteiger partial charge in [-0.25, -0.2) is 0 Å². The van der Waals surface area contributed by atoms with Crippen LogP contribution in [0, 0.1) is 6.92 Å². The molecular formula is C20H26O. The summed E-state index contributed by atoms with van der Waals surface area (Å²) in [5.74, 6) is 2.09. The Labute approximate surface area is 129 Å². The molecule has 0 aliphatic carbocycles. The van der Waals surface area contributed by atoms with Crippen LogP contribution in [0.1, 0.15) is 61.8 Å². The summed E-state index contributed by atoms with van der Waals surface area (Å²) in [6, 6.07) is 15.2. The van der Waals surface area contributed by atoms with Gasteiger partial charge in [-0.15, -0.1) is 0 Å². The van der Waals surface area contributed by atoms with Crippen molar-refractivity contribution in [3.05, 3.63) is 64.7 Å². The third-order valence-corrected chi connectivity index (χ3v) is 3.92. The number of ether oxygens (including phenoxy) is 1. The molecule has 0 aliphatic heterocycles. The third kappa shape index (κ3) is 4.10. The maximum Gasteiger partial charge on any atom is 0.122 e. The van der Waals surface area contributed by atoms with Gasteiger partial charge in [0.2, 0.25) is 0 Å². The molecule has 0 radical (unpaired) electrons. The van der Waals surface area contributed by atoms with Gasteiger partial charge in [-0.2, -0.15) is 0 Å². The van der Waals surface area contributed by atoms with Gasteiger partial charge in [-0.1, -0.05) is 64.1 Å². The zero-order valence-electron chi connectivity index (χ0n) is 13.8. The monoisotopic (exact) mass is 282 g/mol. The fourth-order valence-electron chi connectivity index (χ4n) is 2.29. The van der Waals surface area contributed by atoms with Gasteiger partial charge in [0, 0.05) is 0 Å². The van der Waals surface area contributed by atoms with Gasteiger partial charge in [0.05, 0.1) is 0 Å². The first-order valence-corrected chi connectivity index (χ1v) is 7.79. The summed E-state index contributed by atoms with van der Waals surface area (Å²) < 4.78 is 6.01. The summed E-state index contributed by atoms with van der Waals surface area (Å²) in [4.78, 5) is 0. The van der Waals surface area contributed by atoms with Gasteiger partial charge in [0.1, 0.15) is 12.4 Å². The lowest BCUT2D eigenvalue weighted by Gasteiger charge is -2.13. The van der Waals surface area contributed by atoms with Crippen molar-refractivity contribution in [3.63, 3.8) is 0 Å². The van der Waals surface area contributed by atoms with E-state index in [0.29, 0.717) is 18.4 Å². The lowest BCUT2D eigenvalue weighted by molar-refractivity contribution is 0.303. The standard InChI is InChI=1S/C20H26O/c1-14(2)18-10-7-17(8-11-18)13-21-20-12-19(15(3)4)9-6-16(20)5/h6-12,14-15H,13H2,1-5H3. The van der Waals surface area contributed by atoms with Crippen LogP contribution in [0.15, 0.2) is 42.5 Å². The van der Waals surface area contributed by atoms with Crippen LogP contribution in [0.2, 0.25) is 0 Å². The molecule has 0 spiro atoms. The normalized spacial score (nSPS) is 11.2. The van der Waals surface area contributed by atoms with Crippen LogP contribution in [0.5, 0.6) is 5.75 Å². The molecule has 0 aromatic heterocycles. The molecule has 0 fully saturated rings. The molecule has 2 aromatic carbocycles. The highest BCUT2D eigenvalue weighted by molar-refractivity contribution is 5.38. The van der Waals surface area contributed by atoms with E-state index in [1.54, 1.807) is 0 Å². The first-order chi connectivity index (χ1) is 9.97. The smallest absolute Gasteiger partial charge is 0.122 e. The van der Waals surface area contributed by atoms with Gasteiger partial charge >= 0.3 is 0 Å². The molecule has 1 heteroatoms. The summed E-state index contributed by atoms with van der Waals surface area (Å²) in [7, 11) is 0. The average Bonchev–Trinajstić information content (AvgIpc) is 2.46. The quantitative estimate of drug-likeness (QED) is 0.671. The first-order valence-electron chi connectivity index (χ1n) is 7.79. The Morgan fingerprint density at radius 2 is 1.38 bits per heavy atom. The predicted molar refractivity (Wildman–Crippen MR) is 90.1 cm³/mol. The van der Waals surface area contributed by atoms with Gasteiger partial charge in [0.25, 0.3) is 0 Å². The lowest BCUT2D eigenvalue weighted by Crippen LogP contribution is -1.99. The number of aryl methyl sites for hydroxylation is 1. The van der Waals surface area contributed by atoms with E-state index in [2.05, 4.69) is 77.1 Å². The summed E-state index contributed by atoms with van der Waals surface area (Å²) in [5, 5.41) is 0. The van der Waals surface area contributed by atoms with Gasteiger partial charge in [-0.05, 0) is 47.1 Å². The van der Waals surface area contributed by atoms with Crippen LogP contribution in [-0.2, 0) is 6.61 Å². The van der Waals surface area contributed by atoms with Crippen molar-refractivity contribution < 1.29 is 4.74 Å². The van der Waals surface area contributed by atoms with Crippen LogP contribution in [0.4, 0.5) is 0 Å². The molecule has 0 amide bonds. The molecule has 2 rings (SSSR count). The first kappa shape index (κ1) is 15.6. The maximum absolute atomic E-state index is 6.01. The van der Waals surface area contributed by atoms with E-state index >= 15 is 0 Å². The average molecular weight is 282 g/mol. The topological polar surface area (TPSA) is 9.23 Å². The Hall–Kier alpha value is -1.76. The molecular weight excluding hydrogens is 256 g/mol. The number of rotatable bonds is 5. The SMILES string of the molecule is Cc1ccc(C(C)C)cc1OCc1ccc(C(C)C)cc1. The van der Waals surface area contributed by atoms with Crippen LogP contribution in [0.3, 0.4) is 0 Å².